The smallest absolute Gasteiger partial charge is 1.00 e. The minimum atomic E-state index is -1.56. The summed E-state index contributed by atoms with van der Waals surface area (Å²) in [5.74, 6) is -0.122. The Morgan fingerprint density at radius 1 is 1.06 bits per heavy atom. The van der Waals surface area contributed by atoms with Crippen LogP contribution >= 0.6 is 0 Å². The minimum Gasteiger partial charge on any atom is -1.00 e. The summed E-state index contributed by atoms with van der Waals surface area (Å²) in [5, 5.41) is 0. The van der Waals surface area contributed by atoms with Gasteiger partial charge in [0, 0.05) is 5.82 Å². The van der Waals surface area contributed by atoms with Crippen LogP contribution in [-0.4, -0.2) is 39.5 Å². The van der Waals surface area contributed by atoms with E-state index < -0.39 is 16.5 Å². The average Bonchev–Trinajstić information content (AvgIpc) is 2.03. The Bertz CT molecular complexity index is 363. The van der Waals surface area contributed by atoms with Gasteiger partial charge in [0.1, 0.15) is 16.5 Å². The molecule has 0 bridgehead atoms. The molecule has 0 radical (unpaired) electrons. The SMILES string of the molecule is C[Si](C)(C)N(c1c[c-]ccc1F)[Si](C)(C)C.[Br-].[Mg+2]. The van der Waals surface area contributed by atoms with Crippen LogP contribution in [0.2, 0.25) is 39.3 Å². The molecule has 1 rings (SSSR count). The maximum atomic E-state index is 13.9. The van der Waals surface area contributed by atoms with E-state index in [0.29, 0.717) is 0 Å². The van der Waals surface area contributed by atoms with E-state index in [0.717, 1.165) is 5.69 Å². The fraction of sp³-hybridized carbons (Fsp3) is 0.500. The summed E-state index contributed by atoms with van der Waals surface area (Å²) in [6, 6.07) is 7.91. The number of rotatable bonds is 3. The molecular formula is C12H21BrFMgNSi2. The molecule has 6 heteroatoms. The molecule has 0 atom stereocenters. The topological polar surface area (TPSA) is 3.24 Å². The third-order valence-electron chi connectivity index (χ3n) is 2.37. The van der Waals surface area contributed by atoms with Gasteiger partial charge in [0.05, 0.1) is 0 Å². The third-order valence-corrected chi connectivity index (χ3v) is 9.56. The second-order valence-electron chi connectivity index (χ2n) is 6.05. The summed E-state index contributed by atoms with van der Waals surface area (Å²) in [4.78, 5) is 0. The quantitative estimate of drug-likeness (QED) is 0.569. The zero-order chi connectivity index (χ0) is 12.6. The van der Waals surface area contributed by atoms with Crippen molar-refractivity contribution in [2.75, 3.05) is 4.23 Å². The first kappa shape index (κ1) is 20.9. The molecule has 18 heavy (non-hydrogen) atoms. The van der Waals surface area contributed by atoms with Crippen molar-refractivity contribution in [2.24, 2.45) is 0 Å². The van der Waals surface area contributed by atoms with E-state index in [1.165, 1.54) is 6.07 Å². The van der Waals surface area contributed by atoms with Crippen molar-refractivity contribution < 1.29 is 21.4 Å². The maximum Gasteiger partial charge on any atom is 2.00 e. The van der Waals surface area contributed by atoms with Gasteiger partial charge in [-0.3, -0.25) is 0 Å². The van der Waals surface area contributed by atoms with Gasteiger partial charge in [0.2, 0.25) is 0 Å². The molecule has 0 fully saturated rings. The standard InChI is InChI=1S/C12H21FNSi2.BrH.Mg/c1-15(2,3)14(16(4,5)6)12-10-8-7-9-11(12)13;;/h7,9-10H,1-6H3;1H;/q-1;;+2/p-1. The second-order valence-corrected chi connectivity index (χ2v) is 16.1. The summed E-state index contributed by atoms with van der Waals surface area (Å²) in [6.07, 6.45) is 0. The number of anilines is 1. The van der Waals surface area contributed by atoms with Crippen molar-refractivity contribution in [3.05, 3.63) is 30.1 Å². The molecule has 0 aliphatic heterocycles. The first-order valence-electron chi connectivity index (χ1n) is 5.60. The van der Waals surface area contributed by atoms with Gasteiger partial charge < -0.3 is 21.2 Å². The Kier molecular flexibility index (Phi) is 8.63. The Balaban J connectivity index is 0. The van der Waals surface area contributed by atoms with Crippen LogP contribution in [0.5, 0.6) is 0 Å². The van der Waals surface area contributed by atoms with Gasteiger partial charge in [0.25, 0.3) is 0 Å². The van der Waals surface area contributed by atoms with E-state index in [2.05, 4.69) is 49.6 Å². The zero-order valence-electron chi connectivity index (χ0n) is 12.1. The van der Waals surface area contributed by atoms with Crippen LogP contribution in [0.3, 0.4) is 0 Å². The number of nitrogens with zero attached hydrogens (tertiary/aromatic N) is 1. The molecule has 0 aliphatic carbocycles. The summed E-state index contributed by atoms with van der Waals surface area (Å²) in [6.45, 7) is 13.6. The van der Waals surface area contributed by atoms with Crippen LogP contribution in [0.1, 0.15) is 0 Å². The molecular weight excluding hydrogens is 338 g/mol. The van der Waals surface area contributed by atoms with E-state index in [-0.39, 0.29) is 45.9 Å². The van der Waals surface area contributed by atoms with Crippen molar-refractivity contribution >= 4 is 45.2 Å². The van der Waals surface area contributed by atoms with Crippen molar-refractivity contribution in [1.29, 1.82) is 0 Å². The molecule has 0 aromatic heterocycles. The fourth-order valence-electron chi connectivity index (χ4n) is 2.30. The van der Waals surface area contributed by atoms with Gasteiger partial charge in [-0.15, -0.1) is 6.07 Å². The molecule has 1 aromatic carbocycles. The predicted octanol–water partition coefficient (Wildman–Crippen LogP) is 0.725. The van der Waals surface area contributed by atoms with Crippen molar-refractivity contribution in [1.82, 2.24) is 0 Å². The van der Waals surface area contributed by atoms with Crippen molar-refractivity contribution in [3.63, 3.8) is 0 Å². The third kappa shape index (κ3) is 5.32. The number of halogens is 2. The molecule has 0 heterocycles. The molecule has 0 aliphatic rings. The monoisotopic (exact) mass is 357 g/mol. The van der Waals surface area contributed by atoms with Gasteiger partial charge in [-0.2, -0.15) is 18.2 Å². The molecule has 0 unspecified atom stereocenters. The number of benzene rings is 1. The Morgan fingerprint density at radius 3 is 1.83 bits per heavy atom. The fourth-order valence-corrected chi connectivity index (χ4v) is 12.1. The molecule has 0 amide bonds. The predicted molar refractivity (Wildman–Crippen MR) is 80.2 cm³/mol. The molecule has 0 saturated heterocycles. The van der Waals surface area contributed by atoms with Gasteiger partial charge in [-0.1, -0.05) is 45.0 Å². The first-order chi connectivity index (χ1) is 7.14. The Labute approximate surface area is 139 Å². The molecule has 0 saturated carbocycles. The van der Waals surface area contributed by atoms with Crippen LogP contribution in [0.15, 0.2) is 18.2 Å². The van der Waals surface area contributed by atoms with Gasteiger partial charge in [0.15, 0.2) is 0 Å². The Hall–Kier alpha value is 0.630. The van der Waals surface area contributed by atoms with E-state index in [9.17, 15) is 4.39 Å². The van der Waals surface area contributed by atoms with Crippen LogP contribution in [0.25, 0.3) is 0 Å². The maximum absolute atomic E-state index is 13.9. The molecule has 1 aromatic rings. The number of hydrogen-bond donors (Lipinski definition) is 0. The summed E-state index contributed by atoms with van der Waals surface area (Å²) in [5.41, 5.74) is 0.737. The minimum absolute atomic E-state index is 0. The average molecular weight is 359 g/mol. The van der Waals surface area contributed by atoms with Gasteiger partial charge >= 0.3 is 23.1 Å². The molecule has 98 valence electrons. The van der Waals surface area contributed by atoms with Gasteiger partial charge in [-0.05, 0) is 0 Å². The zero-order valence-corrected chi connectivity index (χ0v) is 17.1. The first-order valence-corrected chi connectivity index (χ1v) is 12.5. The summed E-state index contributed by atoms with van der Waals surface area (Å²) in [7, 11) is -3.12. The summed E-state index contributed by atoms with van der Waals surface area (Å²) >= 11 is 0. The van der Waals surface area contributed by atoms with Crippen LogP contribution < -0.4 is 21.2 Å². The van der Waals surface area contributed by atoms with Gasteiger partial charge in [-0.25, -0.2) is 4.39 Å². The normalized spacial score (nSPS) is 11.3. The largest absolute Gasteiger partial charge is 2.00 e. The van der Waals surface area contributed by atoms with Crippen LogP contribution in [-0.2, 0) is 0 Å². The van der Waals surface area contributed by atoms with Crippen molar-refractivity contribution in [2.45, 2.75) is 39.3 Å². The molecule has 1 nitrogen and oxygen atoms in total. The van der Waals surface area contributed by atoms with E-state index in [1.54, 1.807) is 12.1 Å². The Morgan fingerprint density at radius 2 is 1.50 bits per heavy atom. The summed E-state index contributed by atoms with van der Waals surface area (Å²) < 4.78 is 16.3. The van der Waals surface area contributed by atoms with Crippen molar-refractivity contribution in [3.8, 4) is 0 Å². The molecule has 0 N–H and O–H groups in total. The molecule has 0 spiro atoms. The van der Waals surface area contributed by atoms with Crippen LogP contribution in [0, 0.1) is 11.9 Å². The van der Waals surface area contributed by atoms with E-state index >= 15 is 0 Å². The van der Waals surface area contributed by atoms with E-state index in [4.69, 9.17) is 0 Å². The van der Waals surface area contributed by atoms with Crippen LogP contribution in [0.4, 0.5) is 10.1 Å². The van der Waals surface area contributed by atoms with E-state index in [1.807, 2.05) is 0 Å². The number of hydrogen-bond acceptors (Lipinski definition) is 1. The second kappa shape index (κ2) is 7.42.